The van der Waals surface area contributed by atoms with Crippen molar-refractivity contribution >= 4 is 28.6 Å². The van der Waals surface area contributed by atoms with E-state index in [9.17, 15) is 4.79 Å². The van der Waals surface area contributed by atoms with E-state index in [1.165, 1.54) is 14.2 Å². The highest BCUT2D eigenvalue weighted by Gasteiger charge is 2.17. The second kappa shape index (κ2) is 5.20. The normalized spacial score (nSPS) is 11.9. The Hall–Kier alpha value is -0.980. The number of alkyl halides is 1. The van der Waals surface area contributed by atoms with Gasteiger partial charge in [0.2, 0.25) is 0 Å². The van der Waals surface area contributed by atoms with E-state index in [2.05, 4.69) is 0 Å². The maximum atomic E-state index is 10.8. The summed E-state index contributed by atoms with van der Waals surface area (Å²) in [6, 6.07) is 5.08. The van der Waals surface area contributed by atoms with E-state index in [-0.39, 0.29) is 0 Å². The van der Waals surface area contributed by atoms with Gasteiger partial charge in [-0.2, -0.15) is 0 Å². The Morgan fingerprint density at radius 2 is 1.93 bits per heavy atom. The number of aliphatic carboxylic acids is 1. The zero-order chi connectivity index (χ0) is 11.4. The molecule has 0 bridgehead atoms. The van der Waals surface area contributed by atoms with Crippen molar-refractivity contribution < 1.29 is 19.4 Å². The van der Waals surface area contributed by atoms with Crippen LogP contribution in [0, 0.1) is 0 Å². The molecule has 1 aromatic rings. The molecule has 0 saturated carbocycles. The predicted molar refractivity (Wildman–Crippen MR) is 63.9 cm³/mol. The number of ether oxygens (including phenoxy) is 2. The van der Waals surface area contributed by atoms with Gasteiger partial charge < -0.3 is 14.6 Å². The van der Waals surface area contributed by atoms with Gasteiger partial charge in [0.15, 0.2) is 11.5 Å². The molecule has 82 valence electrons. The first kappa shape index (κ1) is 12.1. The summed E-state index contributed by atoms with van der Waals surface area (Å²) in [4.78, 5) is 10.8. The smallest absolute Gasteiger partial charge is 0.321 e. The van der Waals surface area contributed by atoms with Crippen molar-refractivity contribution in [2.24, 2.45) is 0 Å². The van der Waals surface area contributed by atoms with Crippen molar-refractivity contribution in [3.63, 3.8) is 0 Å². The molecule has 1 N–H and O–H groups in total. The summed E-state index contributed by atoms with van der Waals surface area (Å²) in [6.07, 6.45) is 0. The highest BCUT2D eigenvalue weighted by atomic mass is 127. The first-order valence-electron chi connectivity index (χ1n) is 4.19. The molecule has 1 aromatic carbocycles. The molecule has 0 heterocycles. The molecule has 15 heavy (non-hydrogen) atoms. The van der Waals surface area contributed by atoms with Gasteiger partial charge in [-0.1, -0.05) is 28.7 Å². The summed E-state index contributed by atoms with van der Waals surface area (Å²) in [7, 11) is 3.06. The molecule has 1 rings (SSSR count). The Morgan fingerprint density at radius 1 is 1.33 bits per heavy atom. The van der Waals surface area contributed by atoms with Gasteiger partial charge in [-0.05, 0) is 17.7 Å². The maximum absolute atomic E-state index is 10.8. The predicted octanol–water partition coefficient (Wildman–Crippen LogP) is 2.26. The monoisotopic (exact) mass is 322 g/mol. The van der Waals surface area contributed by atoms with E-state index in [1.807, 2.05) is 22.6 Å². The van der Waals surface area contributed by atoms with Crippen LogP contribution in [0.2, 0.25) is 0 Å². The van der Waals surface area contributed by atoms with Crippen LogP contribution in [0.25, 0.3) is 0 Å². The molecule has 0 aliphatic carbocycles. The maximum Gasteiger partial charge on any atom is 0.321 e. The number of benzene rings is 1. The quantitative estimate of drug-likeness (QED) is 0.682. The Bertz CT molecular complexity index is 364. The van der Waals surface area contributed by atoms with Crippen LogP contribution in [0.1, 0.15) is 9.49 Å². The van der Waals surface area contributed by atoms with Gasteiger partial charge in [0.25, 0.3) is 0 Å². The van der Waals surface area contributed by atoms with Gasteiger partial charge in [0.05, 0.1) is 14.2 Å². The fourth-order valence-electron chi connectivity index (χ4n) is 1.15. The molecule has 4 nitrogen and oxygen atoms in total. The van der Waals surface area contributed by atoms with Crippen molar-refractivity contribution in [3.05, 3.63) is 23.8 Å². The van der Waals surface area contributed by atoms with Crippen molar-refractivity contribution in [2.75, 3.05) is 14.2 Å². The van der Waals surface area contributed by atoms with Crippen molar-refractivity contribution in [3.8, 4) is 11.5 Å². The zero-order valence-electron chi connectivity index (χ0n) is 8.36. The molecule has 1 unspecified atom stereocenters. The molecular formula is C10H11IO4. The molecule has 0 saturated heterocycles. The molecule has 0 fully saturated rings. The lowest BCUT2D eigenvalue weighted by atomic mass is 10.1. The summed E-state index contributed by atoms with van der Waals surface area (Å²) in [5.74, 6) is 0.260. The van der Waals surface area contributed by atoms with Crippen LogP contribution < -0.4 is 9.47 Å². The van der Waals surface area contributed by atoms with Crippen LogP contribution in [0.4, 0.5) is 0 Å². The van der Waals surface area contributed by atoms with E-state index >= 15 is 0 Å². The van der Waals surface area contributed by atoms with Crippen LogP contribution in [-0.4, -0.2) is 25.3 Å². The van der Waals surface area contributed by atoms with Crippen LogP contribution in [0.3, 0.4) is 0 Å². The third kappa shape index (κ3) is 2.74. The SMILES string of the molecule is COc1ccc(C(I)C(=O)O)cc1OC. The van der Waals surface area contributed by atoms with Crippen LogP contribution in [-0.2, 0) is 4.79 Å². The summed E-state index contributed by atoms with van der Waals surface area (Å²) in [6.45, 7) is 0. The Kier molecular flexibility index (Phi) is 4.19. The van der Waals surface area contributed by atoms with Crippen LogP contribution >= 0.6 is 22.6 Å². The van der Waals surface area contributed by atoms with Gasteiger partial charge in [0, 0.05) is 0 Å². The Labute approximate surface area is 101 Å². The second-order valence-corrected chi connectivity index (χ2v) is 4.06. The third-order valence-electron chi connectivity index (χ3n) is 1.92. The van der Waals surface area contributed by atoms with E-state index < -0.39 is 9.89 Å². The van der Waals surface area contributed by atoms with Gasteiger partial charge in [-0.25, -0.2) is 0 Å². The number of carboxylic acids is 1. The molecule has 1 atom stereocenters. The third-order valence-corrected chi connectivity index (χ3v) is 3.17. The lowest BCUT2D eigenvalue weighted by molar-refractivity contribution is -0.136. The van der Waals surface area contributed by atoms with Crippen molar-refractivity contribution in [1.29, 1.82) is 0 Å². The van der Waals surface area contributed by atoms with Crippen LogP contribution in [0.5, 0.6) is 11.5 Å². The molecule has 5 heteroatoms. The Balaban J connectivity index is 3.07. The number of methoxy groups -OCH3 is 2. The molecule has 0 spiro atoms. The zero-order valence-corrected chi connectivity index (χ0v) is 10.5. The van der Waals surface area contributed by atoms with Gasteiger partial charge in [0.1, 0.15) is 3.92 Å². The standard InChI is InChI=1S/C10H11IO4/c1-14-7-4-3-6(5-8(7)15-2)9(11)10(12)13/h3-5,9H,1-2H3,(H,12,13). The van der Waals surface area contributed by atoms with E-state index in [0.717, 1.165) is 0 Å². The fourth-order valence-corrected chi connectivity index (χ4v) is 1.54. The topological polar surface area (TPSA) is 55.8 Å². The average molecular weight is 322 g/mol. The Morgan fingerprint density at radius 3 is 2.40 bits per heavy atom. The number of hydrogen-bond acceptors (Lipinski definition) is 3. The fraction of sp³-hybridized carbons (Fsp3) is 0.300. The number of rotatable bonds is 4. The van der Waals surface area contributed by atoms with Crippen molar-refractivity contribution in [1.82, 2.24) is 0 Å². The first-order chi connectivity index (χ1) is 7.10. The highest BCUT2D eigenvalue weighted by molar-refractivity contribution is 14.1. The molecule has 0 aliphatic heterocycles. The minimum Gasteiger partial charge on any atom is -0.493 e. The number of hydrogen-bond donors (Lipinski definition) is 1. The van der Waals surface area contributed by atoms with E-state index in [1.54, 1.807) is 18.2 Å². The molecular weight excluding hydrogens is 311 g/mol. The second-order valence-electron chi connectivity index (χ2n) is 2.82. The molecule has 0 radical (unpaired) electrons. The lowest BCUT2D eigenvalue weighted by Crippen LogP contribution is -2.04. The summed E-state index contributed by atoms with van der Waals surface area (Å²) < 4.78 is 9.56. The van der Waals surface area contributed by atoms with Gasteiger partial charge in [-0.3, -0.25) is 4.79 Å². The molecule has 0 amide bonds. The summed E-state index contributed by atoms with van der Waals surface area (Å²) in [5.41, 5.74) is 0.681. The van der Waals surface area contributed by atoms with Gasteiger partial charge >= 0.3 is 5.97 Å². The summed E-state index contributed by atoms with van der Waals surface area (Å²) >= 11 is 1.86. The van der Waals surface area contributed by atoms with E-state index in [4.69, 9.17) is 14.6 Å². The number of halogens is 1. The first-order valence-corrected chi connectivity index (χ1v) is 5.43. The van der Waals surface area contributed by atoms with Crippen LogP contribution in [0.15, 0.2) is 18.2 Å². The lowest BCUT2D eigenvalue weighted by Gasteiger charge is -2.10. The number of carbonyl (C=O) groups is 1. The number of carboxylic acid groups (broad SMARTS) is 1. The minimum absolute atomic E-state index is 0.540. The van der Waals surface area contributed by atoms with E-state index in [0.29, 0.717) is 17.1 Å². The van der Waals surface area contributed by atoms with Gasteiger partial charge in [-0.15, -0.1) is 0 Å². The highest BCUT2D eigenvalue weighted by Crippen LogP contribution is 2.33. The molecule has 0 aromatic heterocycles. The average Bonchev–Trinajstić information content (AvgIpc) is 2.26. The minimum atomic E-state index is -0.872. The summed E-state index contributed by atoms with van der Waals surface area (Å²) in [5, 5.41) is 8.85. The molecule has 0 aliphatic rings. The largest absolute Gasteiger partial charge is 0.493 e. The van der Waals surface area contributed by atoms with Crippen molar-refractivity contribution in [2.45, 2.75) is 3.92 Å².